The Morgan fingerprint density at radius 1 is 1.60 bits per heavy atom. The van der Waals surface area contributed by atoms with Gasteiger partial charge in [-0.15, -0.1) is 11.3 Å². The Balaban J connectivity index is 1.95. The molecule has 0 aromatic carbocycles. The highest BCUT2D eigenvalue weighted by atomic mass is 32.1. The number of carbonyl (C=O) groups is 3. The molecular formula is C12H15N3O4S. The number of esters is 1. The Kier molecular flexibility index (Phi) is 4.33. The van der Waals surface area contributed by atoms with Crippen molar-refractivity contribution in [3.05, 3.63) is 11.1 Å². The number of aromatic nitrogens is 1. The summed E-state index contributed by atoms with van der Waals surface area (Å²) in [5.41, 5.74) is 0.584. The van der Waals surface area contributed by atoms with E-state index >= 15 is 0 Å². The SMILES string of the molecule is CCOC(=O)Cc1csc(NC2CC(=O)N(C)C2=O)n1. The zero-order valence-corrected chi connectivity index (χ0v) is 12.0. The van der Waals surface area contributed by atoms with Crippen LogP contribution in [-0.4, -0.2) is 47.4 Å². The highest BCUT2D eigenvalue weighted by Gasteiger charge is 2.36. The Morgan fingerprint density at radius 2 is 2.35 bits per heavy atom. The van der Waals surface area contributed by atoms with Crippen LogP contribution in [0.5, 0.6) is 0 Å². The predicted octanol–water partition coefficient (Wildman–Crippen LogP) is 0.418. The number of hydrogen-bond acceptors (Lipinski definition) is 7. The van der Waals surface area contributed by atoms with E-state index in [-0.39, 0.29) is 30.6 Å². The van der Waals surface area contributed by atoms with Gasteiger partial charge in [-0.1, -0.05) is 0 Å². The third-order valence-electron chi connectivity index (χ3n) is 2.86. The first-order chi connectivity index (χ1) is 9.51. The maximum absolute atomic E-state index is 11.7. The van der Waals surface area contributed by atoms with Crippen LogP contribution in [0, 0.1) is 0 Å². The highest BCUT2D eigenvalue weighted by molar-refractivity contribution is 7.13. The maximum Gasteiger partial charge on any atom is 0.311 e. The van der Waals surface area contributed by atoms with Crippen molar-refractivity contribution in [1.82, 2.24) is 9.88 Å². The molecule has 0 bridgehead atoms. The van der Waals surface area contributed by atoms with Gasteiger partial charge in [-0.25, -0.2) is 4.98 Å². The molecule has 1 atom stereocenters. The summed E-state index contributed by atoms with van der Waals surface area (Å²) in [6.45, 7) is 2.07. The second kappa shape index (κ2) is 6.00. The first-order valence-corrected chi connectivity index (χ1v) is 7.06. The topological polar surface area (TPSA) is 88.6 Å². The molecule has 1 aliphatic heterocycles. The lowest BCUT2D eigenvalue weighted by Crippen LogP contribution is -2.31. The molecule has 20 heavy (non-hydrogen) atoms. The van der Waals surface area contributed by atoms with Crippen LogP contribution >= 0.6 is 11.3 Å². The van der Waals surface area contributed by atoms with Crippen molar-refractivity contribution in [2.45, 2.75) is 25.8 Å². The van der Waals surface area contributed by atoms with Crippen LogP contribution in [-0.2, 0) is 25.5 Å². The average Bonchev–Trinajstić information content (AvgIpc) is 2.91. The summed E-state index contributed by atoms with van der Waals surface area (Å²) in [5.74, 6) is -0.816. The van der Waals surface area contributed by atoms with Gasteiger partial charge in [-0.2, -0.15) is 0 Å². The number of carbonyl (C=O) groups excluding carboxylic acids is 3. The molecule has 1 saturated heterocycles. The number of nitrogens with zero attached hydrogens (tertiary/aromatic N) is 2. The zero-order valence-electron chi connectivity index (χ0n) is 11.2. The number of likely N-dealkylation sites (N-methyl/N-ethyl adjacent to an activating group) is 1. The van der Waals surface area contributed by atoms with Gasteiger partial charge in [0.2, 0.25) is 5.91 Å². The van der Waals surface area contributed by atoms with Crippen molar-refractivity contribution in [3.63, 3.8) is 0 Å². The Labute approximate surface area is 119 Å². The molecule has 1 N–H and O–H groups in total. The molecule has 2 amide bonds. The highest BCUT2D eigenvalue weighted by Crippen LogP contribution is 2.21. The Bertz CT molecular complexity index is 543. The molecule has 8 heteroatoms. The summed E-state index contributed by atoms with van der Waals surface area (Å²) < 4.78 is 4.83. The number of likely N-dealkylation sites (tertiary alicyclic amines) is 1. The van der Waals surface area contributed by atoms with E-state index in [9.17, 15) is 14.4 Å². The molecule has 2 heterocycles. The first kappa shape index (κ1) is 14.4. The van der Waals surface area contributed by atoms with Crippen LogP contribution in [0.1, 0.15) is 19.0 Å². The molecule has 7 nitrogen and oxygen atoms in total. The van der Waals surface area contributed by atoms with Crippen molar-refractivity contribution < 1.29 is 19.1 Å². The van der Waals surface area contributed by atoms with E-state index in [0.717, 1.165) is 4.90 Å². The summed E-state index contributed by atoms with van der Waals surface area (Å²) >= 11 is 1.29. The minimum atomic E-state index is -0.575. The van der Waals surface area contributed by atoms with Gasteiger partial charge < -0.3 is 10.1 Å². The van der Waals surface area contributed by atoms with E-state index in [1.807, 2.05) is 0 Å². The largest absolute Gasteiger partial charge is 0.466 e. The lowest BCUT2D eigenvalue weighted by Gasteiger charge is -2.09. The van der Waals surface area contributed by atoms with Crippen LogP contribution in [0.15, 0.2) is 5.38 Å². The fraction of sp³-hybridized carbons (Fsp3) is 0.500. The van der Waals surface area contributed by atoms with Gasteiger partial charge in [0.05, 0.1) is 25.1 Å². The molecule has 1 aromatic rings. The van der Waals surface area contributed by atoms with Crippen molar-refractivity contribution in [3.8, 4) is 0 Å². The molecule has 0 radical (unpaired) electrons. The Morgan fingerprint density at radius 3 is 2.95 bits per heavy atom. The standard InChI is InChI=1S/C12H15N3O4S/c1-3-19-10(17)4-7-6-20-12(13-7)14-8-5-9(16)15(2)11(8)18/h6,8H,3-5H2,1-2H3,(H,13,14). The van der Waals surface area contributed by atoms with E-state index in [2.05, 4.69) is 10.3 Å². The summed E-state index contributed by atoms with van der Waals surface area (Å²) in [6.07, 6.45) is 0.228. The van der Waals surface area contributed by atoms with Crippen molar-refractivity contribution in [2.24, 2.45) is 0 Å². The molecule has 1 aliphatic rings. The number of rotatable bonds is 5. The number of nitrogens with one attached hydrogen (secondary N) is 1. The van der Waals surface area contributed by atoms with Crippen molar-refractivity contribution in [1.29, 1.82) is 0 Å². The van der Waals surface area contributed by atoms with Crippen LogP contribution in [0.25, 0.3) is 0 Å². The Hall–Kier alpha value is -1.96. The third-order valence-corrected chi connectivity index (χ3v) is 3.68. The van der Waals surface area contributed by atoms with E-state index in [1.165, 1.54) is 18.4 Å². The van der Waals surface area contributed by atoms with E-state index in [4.69, 9.17) is 4.74 Å². The van der Waals surface area contributed by atoms with Gasteiger partial charge in [-0.3, -0.25) is 19.3 Å². The van der Waals surface area contributed by atoms with Gasteiger partial charge in [0, 0.05) is 12.4 Å². The van der Waals surface area contributed by atoms with Crippen LogP contribution < -0.4 is 5.32 Å². The molecule has 0 aliphatic carbocycles. The number of thiazole rings is 1. The third kappa shape index (κ3) is 3.13. The number of amides is 2. The molecule has 1 fully saturated rings. The fourth-order valence-electron chi connectivity index (χ4n) is 1.83. The van der Waals surface area contributed by atoms with Gasteiger partial charge in [0.1, 0.15) is 6.04 Å². The van der Waals surface area contributed by atoms with Crippen molar-refractivity contribution in [2.75, 3.05) is 19.0 Å². The smallest absolute Gasteiger partial charge is 0.311 e. The lowest BCUT2D eigenvalue weighted by molar-refractivity contribution is -0.142. The molecule has 108 valence electrons. The van der Waals surface area contributed by atoms with Gasteiger partial charge in [-0.05, 0) is 6.92 Å². The second-order valence-electron chi connectivity index (χ2n) is 4.32. The summed E-state index contributed by atoms with van der Waals surface area (Å²) in [4.78, 5) is 39.8. The summed E-state index contributed by atoms with van der Waals surface area (Å²) in [6, 6.07) is -0.575. The molecular weight excluding hydrogens is 282 g/mol. The fourth-order valence-corrected chi connectivity index (χ4v) is 2.60. The first-order valence-electron chi connectivity index (χ1n) is 6.18. The van der Waals surface area contributed by atoms with Gasteiger partial charge >= 0.3 is 5.97 Å². The van der Waals surface area contributed by atoms with Gasteiger partial charge in [0.25, 0.3) is 5.91 Å². The molecule has 0 spiro atoms. The van der Waals surface area contributed by atoms with Crippen molar-refractivity contribution >= 4 is 34.3 Å². The molecule has 2 rings (SSSR count). The zero-order chi connectivity index (χ0) is 14.7. The predicted molar refractivity (Wildman–Crippen MR) is 72.3 cm³/mol. The second-order valence-corrected chi connectivity index (χ2v) is 5.18. The molecule has 1 unspecified atom stereocenters. The average molecular weight is 297 g/mol. The molecule has 0 saturated carbocycles. The number of hydrogen-bond donors (Lipinski definition) is 1. The lowest BCUT2D eigenvalue weighted by atomic mass is 10.2. The molecule has 1 aromatic heterocycles. The van der Waals surface area contributed by atoms with Crippen LogP contribution in [0.4, 0.5) is 5.13 Å². The van der Waals surface area contributed by atoms with Gasteiger partial charge in [0.15, 0.2) is 5.13 Å². The normalized spacial score (nSPS) is 18.5. The number of imide groups is 1. The summed E-state index contributed by atoms with van der Waals surface area (Å²) in [5, 5.41) is 5.17. The maximum atomic E-state index is 11.7. The van der Waals surface area contributed by atoms with Crippen LogP contribution in [0.3, 0.4) is 0 Å². The monoisotopic (exact) mass is 297 g/mol. The quantitative estimate of drug-likeness (QED) is 0.626. The summed E-state index contributed by atoms with van der Waals surface area (Å²) in [7, 11) is 1.46. The van der Waals surface area contributed by atoms with E-state index in [0.29, 0.717) is 17.4 Å². The minimum absolute atomic E-state index is 0.101. The van der Waals surface area contributed by atoms with E-state index in [1.54, 1.807) is 12.3 Å². The van der Waals surface area contributed by atoms with Crippen LogP contribution in [0.2, 0.25) is 0 Å². The van der Waals surface area contributed by atoms with E-state index < -0.39 is 6.04 Å². The number of ether oxygens (including phenoxy) is 1. The minimum Gasteiger partial charge on any atom is -0.466 e. The number of anilines is 1.